The largest absolute Gasteiger partial charge is 0.393 e. The summed E-state index contributed by atoms with van der Waals surface area (Å²) in [5.41, 5.74) is 4.84. The molecule has 1 heterocycles. The lowest BCUT2D eigenvalue weighted by Crippen LogP contribution is -2.50. The molecule has 0 spiro atoms. The number of carbonyl (C=O) groups is 2. The van der Waals surface area contributed by atoms with Crippen LogP contribution >= 0.6 is 0 Å². The zero-order valence-corrected chi connectivity index (χ0v) is 10.6. The molecule has 1 aliphatic rings. The van der Waals surface area contributed by atoms with Gasteiger partial charge < -0.3 is 16.4 Å². The van der Waals surface area contributed by atoms with Crippen LogP contribution in [0.4, 0.5) is 11.4 Å². The normalized spacial score (nSPS) is 18.2. The first kappa shape index (κ1) is 13.8. The fraction of sp³-hybridized carbons (Fsp3) is 0.333. The number of amides is 2. The zero-order valence-electron chi connectivity index (χ0n) is 10.6. The van der Waals surface area contributed by atoms with E-state index in [2.05, 4.69) is 10.6 Å². The second-order valence-corrected chi connectivity index (χ2v) is 4.46. The number of benzene rings is 1. The van der Waals surface area contributed by atoms with Crippen molar-refractivity contribution < 1.29 is 14.5 Å². The Morgan fingerprint density at radius 1 is 1.50 bits per heavy atom. The Kier molecular flexibility index (Phi) is 3.83. The Morgan fingerprint density at radius 3 is 2.90 bits per heavy atom. The number of para-hydroxylation sites is 1. The average Bonchev–Trinajstić information content (AvgIpc) is 2.40. The SMILES string of the molecule is Nc1cccc(C(=O)NC2CCCNC2=O)c1[N+](=O)[O-]. The van der Waals surface area contributed by atoms with Gasteiger partial charge in [0.25, 0.3) is 5.91 Å². The summed E-state index contributed by atoms with van der Waals surface area (Å²) in [6.45, 7) is 0.573. The monoisotopic (exact) mass is 278 g/mol. The standard InChI is InChI=1S/C12H14N4O4/c13-8-4-1-3-7(10(8)16(19)20)11(17)15-9-5-2-6-14-12(9)18/h1,3-4,9H,2,5-6,13H2,(H,14,18)(H,15,17). The Bertz CT molecular complexity index is 573. The molecule has 1 unspecified atom stereocenters. The third-order valence-electron chi connectivity index (χ3n) is 3.09. The van der Waals surface area contributed by atoms with Crippen molar-refractivity contribution in [1.82, 2.24) is 10.6 Å². The van der Waals surface area contributed by atoms with Crippen LogP contribution in [-0.4, -0.2) is 29.3 Å². The van der Waals surface area contributed by atoms with Crippen LogP contribution < -0.4 is 16.4 Å². The number of carbonyl (C=O) groups excluding carboxylic acids is 2. The van der Waals surface area contributed by atoms with E-state index in [0.29, 0.717) is 13.0 Å². The second-order valence-electron chi connectivity index (χ2n) is 4.46. The maximum absolute atomic E-state index is 12.1. The van der Waals surface area contributed by atoms with Crippen molar-refractivity contribution >= 4 is 23.2 Å². The van der Waals surface area contributed by atoms with Crippen molar-refractivity contribution in [1.29, 1.82) is 0 Å². The van der Waals surface area contributed by atoms with Gasteiger partial charge in [-0.3, -0.25) is 19.7 Å². The number of nitrogens with one attached hydrogen (secondary N) is 2. The highest BCUT2D eigenvalue weighted by molar-refractivity contribution is 6.02. The molecule has 2 rings (SSSR count). The molecule has 4 N–H and O–H groups in total. The van der Waals surface area contributed by atoms with E-state index >= 15 is 0 Å². The van der Waals surface area contributed by atoms with Crippen LogP contribution in [0.3, 0.4) is 0 Å². The van der Waals surface area contributed by atoms with E-state index in [9.17, 15) is 19.7 Å². The first-order valence-corrected chi connectivity index (χ1v) is 6.12. The smallest absolute Gasteiger partial charge is 0.304 e. The molecule has 20 heavy (non-hydrogen) atoms. The van der Waals surface area contributed by atoms with Crippen molar-refractivity contribution in [3.8, 4) is 0 Å². The average molecular weight is 278 g/mol. The lowest BCUT2D eigenvalue weighted by Gasteiger charge is -2.22. The van der Waals surface area contributed by atoms with Crippen LogP contribution in [0.15, 0.2) is 18.2 Å². The third kappa shape index (κ3) is 2.68. The van der Waals surface area contributed by atoms with Gasteiger partial charge in [-0.1, -0.05) is 6.07 Å². The van der Waals surface area contributed by atoms with E-state index < -0.39 is 22.6 Å². The molecule has 106 valence electrons. The molecule has 2 amide bonds. The van der Waals surface area contributed by atoms with Crippen LogP contribution in [0.2, 0.25) is 0 Å². The molecule has 0 aliphatic carbocycles. The van der Waals surface area contributed by atoms with Crippen molar-refractivity contribution in [2.24, 2.45) is 0 Å². The molecule has 1 aromatic carbocycles. The predicted molar refractivity (Wildman–Crippen MR) is 71.0 cm³/mol. The first-order chi connectivity index (χ1) is 9.50. The molecule has 1 atom stereocenters. The molecule has 1 saturated heterocycles. The quantitative estimate of drug-likeness (QED) is 0.413. The van der Waals surface area contributed by atoms with Gasteiger partial charge >= 0.3 is 5.69 Å². The van der Waals surface area contributed by atoms with E-state index in [1.807, 2.05) is 0 Å². The number of nitrogen functional groups attached to an aromatic ring is 1. The molecule has 1 fully saturated rings. The number of nitro groups is 1. The molecule has 8 heteroatoms. The summed E-state index contributed by atoms with van der Waals surface area (Å²) in [4.78, 5) is 33.9. The van der Waals surface area contributed by atoms with Gasteiger partial charge in [-0.25, -0.2) is 0 Å². The molecule has 8 nitrogen and oxygen atoms in total. The number of hydrogen-bond acceptors (Lipinski definition) is 5. The van der Waals surface area contributed by atoms with E-state index in [0.717, 1.165) is 6.42 Å². The van der Waals surface area contributed by atoms with Gasteiger partial charge in [0.15, 0.2) is 0 Å². The van der Waals surface area contributed by atoms with Crippen molar-refractivity contribution in [3.05, 3.63) is 33.9 Å². The summed E-state index contributed by atoms with van der Waals surface area (Å²) < 4.78 is 0. The molecular weight excluding hydrogens is 264 g/mol. The molecule has 1 aromatic rings. The summed E-state index contributed by atoms with van der Waals surface area (Å²) in [5, 5.41) is 16.1. The van der Waals surface area contributed by atoms with Crippen molar-refractivity contribution in [2.75, 3.05) is 12.3 Å². The molecular formula is C12H14N4O4. The minimum Gasteiger partial charge on any atom is -0.393 e. The van der Waals surface area contributed by atoms with E-state index in [1.165, 1.54) is 18.2 Å². The lowest BCUT2D eigenvalue weighted by molar-refractivity contribution is -0.384. The van der Waals surface area contributed by atoms with Crippen LogP contribution in [0.5, 0.6) is 0 Å². The van der Waals surface area contributed by atoms with Crippen LogP contribution in [0, 0.1) is 10.1 Å². The Morgan fingerprint density at radius 2 is 2.25 bits per heavy atom. The number of nitrogens with zero attached hydrogens (tertiary/aromatic N) is 1. The van der Waals surface area contributed by atoms with Gasteiger partial charge in [-0.2, -0.15) is 0 Å². The highest BCUT2D eigenvalue weighted by atomic mass is 16.6. The molecule has 0 saturated carbocycles. The highest BCUT2D eigenvalue weighted by Crippen LogP contribution is 2.25. The zero-order chi connectivity index (χ0) is 14.7. The van der Waals surface area contributed by atoms with E-state index in [-0.39, 0.29) is 17.2 Å². The summed E-state index contributed by atoms with van der Waals surface area (Å²) >= 11 is 0. The Labute approximate surface area is 114 Å². The lowest BCUT2D eigenvalue weighted by atomic mass is 10.1. The van der Waals surface area contributed by atoms with Crippen molar-refractivity contribution in [2.45, 2.75) is 18.9 Å². The maximum Gasteiger partial charge on any atom is 0.304 e. The minimum absolute atomic E-state index is 0.0873. The number of nitrogens with two attached hydrogens (primary N) is 1. The summed E-state index contributed by atoms with van der Waals surface area (Å²) in [6.07, 6.45) is 1.25. The maximum atomic E-state index is 12.1. The van der Waals surface area contributed by atoms with E-state index in [1.54, 1.807) is 0 Å². The third-order valence-corrected chi connectivity index (χ3v) is 3.09. The molecule has 0 bridgehead atoms. The number of hydrogen-bond donors (Lipinski definition) is 3. The van der Waals surface area contributed by atoms with Crippen LogP contribution in [0.25, 0.3) is 0 Å². The highest BCUT2D eigenvalue weighted by Gasteiger charge is 2.28. The number of piperidine rings is 1. The van der Waals surface area contributed by atoms with Gasteiger partial charge in [-0.05, 0) is 25.0 Å². The minimum atomic E-state index is -0.703. The van der Waals surface area contributed by atoms with E-state index in [4.69, 9.17) is 5.73 Å². The van der Waals surface area contributed by atoms with Crippen molar-refractivity contribution in [3.63, 3.8) is 0 Å². The summed E-state index contributed by atoms with van der Waals surface area (Å²) in [6, 6.07) is 3.45. The molecule has 1 aliphatic heterocycles. The summed E-state index contributed by atoms with van der Waals surface area (Å²) in [5.74, 6) is -0.956. The fourth-order valence-corrected chi connectivity index (χ4v) is 2.09. The number of rotatable bonds is 3. The van der Waals surface area contributed by atoms with Crippen LogP contribution in [-0.2, 0) is 4.79 Å². The molecule has 0 radical (unpaired) electrons. The van der Waals surface area contributed by atoms with Crippen LogP contribution in [0.1, 0.15) is 23.2 Å². The van der Waals surface area contributed by atoms with Gasteiger partial charge in [0.05, 0.1) is 4.92 Å². The van der Waals surface area contributed by atoms with Gasteiger partial charge in [-0.15, -0.1) is 0 Å². The summed E-state index contributed by atoms with van der Waals surface area (Å²) in [7, 11) is 0. The number of anilines is 1. The fourth-order valence-electron chi connectivity index (χ4n) is 2.09. The second kappa shape index (κ2) is 5.55. The molecule has 0 aromatic heterocycles. The van der Waals surface area contributed by atoms with Gasteiger partial charge in [0.1, 0.15) is 17.3 Å². The Hall–Kier alpha value is -2.64. The Balaban J connectivity index is 2.23. The predicted octanol–water partition coefficient (Wildman–Crippen LogP) is 0.185. The topological polar surface area (TPSA) is 127 Å². The van der Waals surface area contributed by atoms with Gasteiger partial charge in [0.2, 0.25) is 5.91 Å². The van der Waals surface area contributed by atoms with Gasteiger partial charge in [0, 0.05) is 6.54 Å². The first-order valence-electron chi connectivity index (χ1n) is 6.12. The number of nitro benzene ring substituents is 1.